The van der Waals surface area contributed by atoms with Crippen molar-refractivity contribution >= 4 is 11.8 Å². The molecule has 0 saturated carbocycles. The first-order valence-electron chi connectivity index (χ1n) is 8.99. The van der Waals surface area contributed by atoms with Gasteiger partial charge in [0.1, 0.15) is 29.0 Å². The molecule has 0 aliphatic heterocycles. The third-order valence-corrected chi connectivity index (χ3v) is 4.30. The van der Waals surface area contributed by atoms with Crippen LogP contribution in [0.2, 0.25) is 0 Å². The van der Waals surface area contributed by atoms with Crippen LogP contribution < -0.4 is 15.4 Å². The molecular formula is C21H24F2N2O3. The summed E-state index contributed by atoms with van der Waals surface area (Å²) in [6.07, 6.45) is 0.594. The molecule has 0 bridgehead atoms. The Kier molecular flexibility index (Phi) is 7.49. The maximum absolute atomic E-state index is 13.8. The quantitative estimate of drug-likeness (QED) is 0.728. The summed E-state index contributed by atoms with van der Waals surface area (Å²) in [6, 6.07) is 9.71. The smallest absolute Gasteiger partial charge is 0.257 e. The first kappa shape index (κ1) is 21.3. The van der Waals surface area contributed by atoms with Crippen molar-refractivity contribution in [2.75, 3.05) is 13.7 Å². The molecule has 2 N–H and O–H groups in total. The predicted molar refractivity (Wildman–Crippen MR) is 102 cm³/mol. The van der Waals surface area contributed by atoms with Crippen LogP contribution in [0.1, 0.15) is 29.8 Å². The molecule has 1 atom stereocenters. The third-order valence-electron chi connectivity index (χ3n) is 4.30. The minimum atomic E-state index is -0.972. The number of hydrogen-bond acceptors (Lipinski definition) is 3. The highest BCUT2D eigenvalue weighted by Gasteiger charge is 2.27. The number of benzene rings is 2. The van der Waals surface area contributed by atoms with Gasteiger partial charge in [-0.2, -0.15) is 0 Å². The molecule has 2 amide bonds. The lowest BCUT2D eigenvalue weighted by Crippen LogP contribution is -2.50. The topological polar surface area (TPSA) is 67.4 Å². The summed E-state index contributed by atoms with van der Waals surface area (Å²) in [5, 5.41) is 5.19. The van der Waals surface area contributed by atoms with Crippen molar-refractivity contribution in [2.45, 2.75) is 26.3 Å². The molecule has 2 aromatic rings. The van der Waals surface area contributed by atoms with Crippen molar-refractivity contribution in [3.05, 3.63) is 65.2 Å². The molecular weight excluding hydrogens is 366 g/mol. The van der Waals surface area contributed by atoms with Gasteiger partial charge >= 0.3 is 0 Å². The van der Waals surface area contributed by atoms with Crippen molar-refractivity contribution < 1.29 is 23.1 Å². The number of ether oxygens (including phenoxy) is 1. The molecule has 0 fully saturated rings. The van der Waals surface area contributed by atoms with E-state index in [0.717, 1.165) is 23.4 Å². The largest absolute Gasteiger partial charge is 0.497 e. The first-order valence-corrected chi connectivity index (χ1v) is 8.99. The van der Waals surface area contributed by atoms with E-state index in [4.69, 9.17) is 4.74 Å². The zero-order chi connectivity index (χ0) is 20.7. The predicted octanol–water partition coefficient (Wildman–Crippen LogP) is 3.09. The third kappa shape index (κ3) is 5.52. The Bertz CT molecular complexity index is 803. The standard InChI is InChI=1S/C21H24F2N2O3/c1-13(2)19(25-20(26)18-16(22)5-4-6-17(18)23)21(27)24-12-11-14-7-9-15(28-3)10-8-14/h4-10,13,19H,11-12H2,1-3H3,(H,24,27)(H,25,26). The van der Waals surface area contributed by atoms with Crippen LogP contribution in [0.5, 0.6) is 5.75 Å². The lowest BCUT2D eigenvalue weighted by atomic mass is 10.0. The lowest BCUT2D eigenvalue weighted by molar-refractivity contribution is -0.123. The number of halogens is 2. The SMILES string of the molecule is COc1ccc(CCNC(=O)C(NC(=O)c2c(F)cccc2F)C(C)C)cc1. The minimum Gasteiger partial charge on any atom is -0.497 e. The molecule has 0 spiro atoms. The molecule has 0 aliphatic rings. The van der Waals surface area contributed by atoms with E-state index < -0.39 is 35.1 Å². The molecule has 5 nitrogen and oxygen atoms in total. The summed E-state index contributed by atoms with van der Waals surface area (Å²) in [6.45, 7) is 3.84. The Morgan fingerprint density at radius 2 is 1.64 bits per heavy atom. The van der Waals surface area contributed by atoms with E-state index in [0.29, 0.717) is 13.0 Å². The Morgan fingerprint density at radius 3 is 2.18 bits per heavy atom. The van der Waals surface area contributed by atoms with Crippen LogP contribution in [-0.4, -0.2) is 31.5 Å². The second-order valence-electron chi connectivity index (χ2n) is 6.68. The van der Waals surface area contributed by atoms with Gasteiger partial charge in [0.05, 0.1) is 7.11 Å². The minimum absolute atomic E-state index is 0.264. The van der Waals surface area contributed by atoms with E-state index in [9.17, 15) is 18.4 Å². The molecule has 7 heteroatoms. The maximum atomic E-state index is 13.8. The summed E-state index contributed by atoms with van der Waals surface area (Å²) < 4.78 is 32.7. The normalized spacial score (nSPS) is 11.8. The van der Waals surface area contributed by atoms with Gasteiger partial charge < -0.3 is 15.4 Å². The van der Waals surface area contributed by atoms with Gasteiger partial charge in [0.2, 0.25) is 5.91 Å². The number of rotatable bonds is 8. The molecule has 2 aromatic carbocycles. The fourth-order valence-corrected chi connectivity index (χ4v) is 2.70. The van der Waals surface area contributed by atoms with Gasteiger partial charge in [0.25, 0.3) is 5.91 Å². The molecule has 0 aromatic heterocycles. The molecule has 0 radical (unpaired) electrons. The van der Waals surface area contributed by atoms with E-state index >= 15 is 0 Å². The summed E-state index contributed by atoms with van der Waals surface area (Å²) >= 11 is 0. The number of carbonyl (C=O) groups excluding carboxylic acids is 2. The molecule has 0 aliphatic carbocycles. The van der Waals surface area contributed by atoms with Crippen molar-refractivity contribution in [2.24, 2.45) is 5.92 Å². The van der Waals surface area contributed by atoms with Crippen molar-refractivity contribution in [3.63, 3.8) is 0 Å². The lowest BCUT2D eigenvalue weighted by Gasteiger charge is -2.22. The molecule has 150 valence electrons. The monoisotopic (exact) mass is 390 g/mol. The Hall–Kier alpha value is -2.96. The number of nitrogens with one attached hydrogen (secondary N) is 2. The maximum Gasteiger partial charge on any atom is 0.257 e. The zero-order valence-electron chi connectivity index (χ0n) is 16.1. The second-order valence-corrected chi connectivity index (χ2v) is 6.68. The number of carbonyl (C=O) groups is 2. The van der Waals surface area contributed by atoms with Crippen molar-refractivity contribution in [1.82, 2.24) is 10.6 Å². The Labute approximate surface area is 163 Å². The summed E-state index contributed by atoms with van der Waals surface area (Å²) in [7, 11) is 1.59. The van der Waals surface area contributed by atoms with Gasteiger partial charge in [0.15, 0.2) is 0 Å². The van der Waals surface area contributed by atoms with Crippen molar-refractivity contribution in [1.29, 1.82) is 0 Å². The second kappa shape index (κ2) is 9.82. The van der Waals surface area contributed by atoms with Crippen LogP contribution >= 0.6 is 0 Å². The van der Waals surface area contributed by atoms with Crippen LogP contribution in [0.4, 0.5) is 8.78 Å². The first-order chi connectivity index (χ1) is 13.3. The van der Waals surface area contributed by atoms with Gasteiger partial charge in [-0.25, -0.2) is 8.78 Å². The highest BCUT2D eigenvalue weighted by molar-refractivity contribution is 5.98. The summed E-state index contributed by atoms with van der Waals surface area (Å²) in [5.74, 6) is -2.83. The van der Waals surface area contributed by atoms with Gasteiger partial charge in [-0.3, -0.25) is 9.59 Å². The van der Waals surface area contributed by atoms with Gasteiger partial charge in [0, 0.05) is 6.54 Å². The molecule has 2 rings (SSSR count). The molecule has 1 unspecified atom stereocenters. The number of hydrogen-bond donors (Lipinski definition) is 2. The van der Waals surface area contributed by atoms with Gasteiger partial charge in [-0.1, -0.05) is 32.0 Å². The molecule has 28 heavy (non-hydrogen) atoms. The molecule has 0 saturated heterocycles. The van der Waals surface area contributed by atoms with Crippen molar-refractivity contribution in [3.8, 4) is 5.75 Å². The number of amides is 2. The average molecular weight is 390 g/mol. The highest BCUT2D eigenvalue weighted by Crippen LogP contribution is 2.14. The van der Waals surface area contributed by atoms with Crippen LogP contribution in [0, 0.1) is 17.6 Å². The van der Waals surface area contributed by atoms with Crippen LogP contribution in [0.3, 0.4) is 0 Å². The Balaban J connectivity index is 1.96. The fourth-order valence-electron chi connectivity index (χ4n) is 2.70. The van der Waals surface area contributed by atoms with Crippen LogP contribution in [-0.2, 0) is 11.2 Å². The Morgan fingerprint density at radius 1 is 1.04 bits per heavy atom. The van der Waals surface area contributed by atoms with E-state index in [1.165, 1.54) is 6.07 Å². The summed E-state index contributed by atoms with van der Waals surface area (Å²) in [4.78, 5) is 24.8. The molecule has 0 heterocycles. The van der Waals surface area contributed by atoms with E-state index in [1.54, 1.807) is 21.0 Å². The summed E-state index contributed by atoms with van der Waals surface area (Å²) in [5.41, 5.74) is 0.318. The van der Waals surface area contributed by atoms with Crippen LogP contribution in [0.25, 0.3) is 0 Å². The van der Waals surface area contributed by atoms with E-state index in [2.05, 4.69) is 10.6 Å². The van der Waals surface area contributed by atoms with E-state index in [1.807, 2.05) is 24.3 Å². The van der Waals surface area contributed by atoms with E-state index in [-0.39, 0.29) is 5.92 Å². The fraction of sp³-hybridized carbons (Fsp3) is 0.333. The number of methoxy groups -OCH3 is 1. The highest BCUT2D eigenvalue weighted by atomic mass is 19.1. The average Bonchev–Trinajstić information content (AvgIpc) is 2.66. The van der Waals surface area contributed by atoms with Crippen LogP contribution in [0.15, 0.2) is 42.5 Å². The van der Waals surface area contributed by atoms with Gasteiger partial charge in [-0.15, -0.1) is 0 Å². The van der Waals surface area contributed by atoms with Gasteiger partial charge in [-0.05, 0) is 42.2 Å². The zero-order valence-corrected chi connectivity index (χ0v) is 16.1.